The standard InChI is InChI=1S/C17H23N3/c1-3-18-17(12-16-9-10-20(2)19-16)15-8-7-13-5-4-6-14(13)11-15/h7-11,17-18H,3-6,12H2,1-2H3. The highest BCUT2D eigenvalue weighted by molar-refractivity contribution is 5.37. The molecule has 3 heteroatoms. The van der Waals surface area contributed by atoms with Crippen molar-refractivity contribution in [3.05, 3.63) is 52.8 Å². The van der Waals surface area contributed by atoms with E-state index in [1.54, 1.807) is 11.1 Å². The number of hydrogen-bond acceptors (Lipinski definition) is 2. The summed E-state index contributed by atoms with van der Waals surface area (Å²) >= 11 is 0. The Hall–Kier alpha value is -1.61. The summed E-state index contributed by atoms with van der Waals surface area (Å²) in [6.07, 6.45) is 6.77. The van der Waals surface area contributed by atoms with Gasteiger partial charge in [0.25, 0.3) is 0 Å². The van der Waals surface area contributed by atoms with Gasteiger partial charge in [-0.15, -0.1) is 0 Å². The first-order valence-electron chi connectivity index (χ1n) is 7.60. The predicted octanol–water partition coefficient (Wildman–Crippen LogP) is 2.80. The molecule has 0 amide bonds. The molecule has 0 bridgehead atoms. The van der Waals surface area contributed by atoms with Crippen LogP contribution < -0.4 is 5.32 Å². The Bertz CT molecular complexity index is 586. The Morgan fingerprint density at radius 3 is 2.85 bits per heavy atom. The molecular formula is C17H23N3. The van der Waals surface area contributed by atoms with Crippen molar-refractivity contribution in [3.63, 3.8) is 0 Å². The van der Waals surface area contributed by atoms with Gasteiger partial charge in [0.1, 0.15) is 0 Å². The van der Waals surface area contributed by atoms with Crippen molar-refractivity contribution in [2.45, 2.75) is 38.6 Å². The Labute approximate surface area is 121 Å². The first-order valence-corrected chi connectivity index (χ1v) is 7.60. The van der Waals surface area contributed by atoms with E-state index in [2.05, 4.69) is 41.6 Å². The van der Waals surface area contributed by atoms with Crippen molar-refractivity contribution in [2.24, 2.45) is 7.05 Å². The van der Waals surface area contributed by atoms with E-state index in [1.807, 2.05) is 17.9 Å². The van der Waals surface area contributed by atoms with Crippen LogP contribution in [0.3, 0.4) is 0 Å². The van der Waals surface area contributed by atoms with Gasteiger partial charge in [-0.1, -0.05) is 25.1 Å². The van der Waals surface area contributed by atoms with Crippen LogP contribution in [0.15, 0.2) is 30.5 Å². The zero-order valence-corrected chi connectivity index (χ0v) is 12.4. The van der Waals surface area contributed by atoms with Crippen LogP contribution in [-0.2, 0) is 26.3 Å². The summed E-state index contributed by atoms with van der Waals surface area (Å²) in [5, 5.41) is 8.11. The van der Waals surface area contributed by atoms with E-state index in [4.69, 9.17) is 0 Å². The molecule has 0 saturated carbocycles. The van der Waals surface area contributed by atoms with Gasteiger partial charge in [-0.05, 0) is 48.6 Å². The molecule has 20 heavy (non-hydrogen) atoms. The Balaban J connectivity index is 1.82. The summed E-state index contributed by atoms with van der Waals surface area (Å²) in [7, 11) is 1.97. The molecule has 1 N–H and O–H groups in total. The number of aryl methyl sites for hydroxylation is 3. The van der Waals surface area contributed by atoms with Gasteiger partial charge in [-0.3, -0.25) is 4.68 Å². The average molecular weight is 269 g/mol. The molecule has 2 aromatic rings. The normalized spacial score (nSPS) is 15.3. The van der Waals surface area contributed by atoms with Crippen LogP contribution in [0.25, 0.3) is 0 Å². The highest BCUT2D eigenvalue weighted by Gasteiger charge is 2.16. The fourth-order valence-corrected chi connectivity index (χ4v) is 3.14. The van der Waals surface area contributed by atoms with Crippen LogP contribution in [0.5, 0.6) is 0 Å². The Morgan fingerprint density at radius 1 is 1.25 bits per heavy atom. The molecule has 0 saturated heterocycles. The van der Waals surface area contributed by atoms with Gasteiger partial charge in [0, 0.05) is 25.7 Å². The number of likely N-dealkylation sites (N-methyl/N-ethyl adjacent to an activating group) is 1. The minimum absolute atomic E-state index is 0.362. The monoisotopic (exact) mass is 269 g/mol. The number of fused-ring (bicyclic) bond motifs is 1. The third-order valence-electron chi connectivity index (χ3n) is 4.16. The highest BCUT2D eigenvalue weighted by atomic mass is 15.2. The largest absolute Gasteiger partial charge is 0.310 e. The summed E-state index contributed by atoms with van der Waals surface area (Å²) in [5.74, 6) is 0. The van der Waals surface area contributed by atoms with Gasteiger partial charge in [-0.2, -0.15) is 5.10 Å². The summed E-state index contributed by atoms with van der Waals surface area (Å²) in [4.78, 5) is 0. The molecule has 1 aromatic heterocycles. The first-order chi connectivity index (χ1) is 9.76. The molecule has 1 atom stereocenters. The minimum Gasteiger partial charge on any atom is -0.310 e. The molecular weight excluding hydrogens is 246 g/mol. The number of nitrogens with one attached hydrogen (secondary N) is 1. The molecule has 3 rings (SSSR count). The molecule has 0 radical (unpaired) electrons. The molecule has 106 valence electrons. The lowest BCUT2D eigenvalue weighted by Crippen LogP contribution is -2.23. The van der Waals surface area contributed by atoms with E-state index in [0.717, 1.165) is 18.7 Å². The SMILES string of the molecule is CCNC(Cc1ccn(C)n1)c1ccc2c(c1)CCC2. The Morgan fingerprint density at radius 2 is 2.10 bits per heavy atom. The van der Waals surface area contributed by atoms with Gasteiger partial charge in [-0.25, -0.2) is 0 Å². The third kappa shape index (κ3) is 2.78. The number of hydrogen-bond donors (Lipinski definition) is 1. The van der Waals surface area contributed by atoms with E-state index in [9.17, 15) is 0 Å². The molecule has 3 nitrogen and oxygen atoms in total. The third-order valence-corrected chi connectivity index (χ3v) is 4.16. The van der Waals surface area contributed by atoms with Crippen molar-refractivity contribution in [2.75, 3.05) is 6.54 Å². The van der Waals surface area contributed by atoms with Gasteiger partial charge >= 0.3 is 0 Å². The van der Waals surface area contributed by atoms with Gasteiger partial charge in [0.05, 0.1) is 5.69 Å². The fourth-order valence-electron chi connectivity index (χ4n) is 3.14. The molecule has 0 fully saturated rings. The second-order valence-corrected chi connectivity index (χ2v) is 5.68. The number of benzene rings is 1. The smallest absolute Gasteiger partial charge is 0.0643 e. The van der Waals surface area contributed by atoms with Crippen LogP contribution >= 0.6 is 0 Å². The zero-order valence-electron chi connectivity index (χ0n) is 12.4. The van der Waals surface area contributed by atoms with E-state index >= 15 is 0 Å². The number of nitrogens with zero attached hydrogens (tertiary/aromatic N) is 2. The fraction of sp³-hybridized carbons (Fsp3) is 0.471. The van der Waals surface area contributed by atoms with E-state index < -0.39 is 0 Å². The van der Waals surface area contributed by atoms with Crippen molar-refractivity contribution in [1.82, 2.24) is 15.1 Å². The van der Waals surface area contributed by atoms with Crippen LogP contribution in [0, 0.1) is 0 Å². The summed E-state index contributed by atoms with van der Waals surface area (Å²) < 4.78 is 1.88. The lowest BCUT2D eigenvalue weighted by molar-refractivity contribution is 0.539. The molecule has 0 spiro atoms. The number of rotatable bonds is 5. The van der Waals surface area contributed by atoms with Crippen LogP contribution in [0.4, 0.5) is 0 Å². The molecule has 0 aliphatic heterocycles. The molecule has 1 aliphatic carbocycles. The topological polar surface area (TPSA) is 29.9 Å². The summed E-state index contributed by atoms with van der Waals surface area (Å²) in [5.41, 5.74) is 5.64. The second-order valence-electron chi connectivity index (χ2n) is 5.68. The predicted molar refractivity (Wildman–Crippen MR) is 81.8 cm³/mol. The van der Waals surface area contributed by atoms with Gasteiger partial charge < -0.3 is 5.32 Å². The molecule has 1 aliphatic rings. The van der Waals surface area contributed by atoms with Crippen LogP contribution in [0.1, 0.15) is 41.8 Å². The van der Waals surface area contributed by atoms with E-state index in [0.29, 0.717) is 6.04 Å². The van der Waals surface area contributed by atoms with E-state index in [1.165, 1.54) is 24.8 Å². The van der Waals surface area contributed by atoms with Crippen LogP contribution in [0.2, 0.25) is 0 Å². The van der Waals surface area contributed by atoms with Crippen molar-refractivity contribution in [1.29, 1.82) is 0 Å². The number of aromatic nitrogens is 2. The highest BCUT2D eigenvalue weighted by Crippen LogP contribution is 2.26. The van der Waals surface area contributed by atoms with E-state index in [-0.39, 0.29) is 0 Å². The lowest BCUT2D eigenvalue weighted by Gasteiger charge is -2.18. The van der Waals surface area contributed by atoms with Crippen molar-refractivity contribution >= 4 is 0 Å². The van der Waals surface area contributed by atoms with Crippen LogP contribution in [-0.4, -0.2) is 16.3 Å². The molecule has 1 aromatic carbocycles. The summed E-state index contributed by atoms with van der Waals surface area (Å²) in [6.45, 7) is 3.15. The quantitative estimate of drug-likeness (QED) is 0.904. The maximum Gasteiger partial charge on any atom is 0.0643 e. The summed E-state index contributed by atoms with van der Waals surface area (Å²) in [6, 6.07) is 9.48. The average Bonchev–Trinajstić information content (AvgIpc) is 3.06. The maximum atomic E-state index is 4.51. The minimum atomic E-state index is 0.362. The van der Waals surface area contributed by atoms with Crippen molar-refractivity contribution in [3.8, 4) is 0 Å². The van der Waals surface area contributed by atoms with Gasteiger partial charge in [0.2, 0.25) is 0 Å². The zero-order chi connectivity index (χ0) is 13.9. The van der Waals surface area contributed by atoms with Gasteiger partial charge in [0.15, 0.2) is 0 Å². The second kappa shape index (κ2) is 5.80. The lowest BCUT2D eigenvalue weighted by atomic mass is 9.98. The van der Waals surface area contributed by atoms with Crippen molar-refractivity contribution < 1.29 is 0 Å². The first kappa shape index (κ1) is 13.4. The molecule has 1 unspecified atom stereocenters. The molecule has 1 heterocycles. The maximum absolute atomic E-state index is 4.51. The Kier molecular flexibility index (Phi) is 3.88.